The molecule has 0 radical (unpaired) electrons. The van der Waals surface area contributed by atoms with E-state index in [0.717, 1.165) is 23.0 Å². The van der Waals surface area contributed by atoms with Crippen molar-refractivity contribution in [3.8, 4) is 0 Å². The molecule has 1 aromatic carbocycles. The second-order valence-electron chi connectivity index (χ2n) is 5.56. The Bertz CT molecular complexity index is 859. The van der Waals surface area contributed by atoms with Crippen molar-refractivity contribution in [2.75, 3.05) is 19.1 Å². The van der Waals surface area contributed by atoms with Crippen LogP contribution in [0.3, 0.4) is 0 Å². The van der Waals surface area contributed by atoms with E-state index in [1.54, 1.807) is 13.3 Å². The smallest absolute Gasteiger partial charge is 0.301 e. The van der Waals surface area contributed by atoms with Crippen molar-refractivity contribution in [1.29, 1.82) is 0 Å². The highest BCUT2D eigenvalue weighted by Gasteiger charge is 2.19. The van der Waals surface area contributed by atoms with Gasteiger partial charge in [0, 0.05) is 36.7 Å². The lowest BCUT2D eigenvalue weighted by molar-refractivity contribution is -0.393. The van der Waals surface area contributed by atoms with Gasteiger partial charge in [-0.3, -0.25) is 25.7 Å². The normalized spacial score (nSPS) is 11.0. The Hall–Kier alpha value is -3.27. The lowest BCUT2D eigenvalue weighted by Gasteiger charge is -2.08. The number of hydrogen-bond donors (Lipinski definition) is 1. The molecule has 26 heavy (non-hydrogen) atoms. The van der Waals surface area contributed by atoms with Crippen molar-refractivity contribution in [3.05, 3.63) is 61.4 Å². The summed E-state index contributed by atoms with van der Waals surface area (Å²) >= 11 is 0. The number of nitrogens with one attached hydrogen (secondary N) is 1. The van der Waals surface area contributed by atoms with Gasteiger partial charge in [0.05, 0.1) is 28.7 Å². The molecule has 1 aromatic heterocycles. The molecule has 0 spiro atoms. The number of benzene rings is 1. The maximum Gasteiger partial charge on any atom is 0.301 e. The third-order valence-electron chi connectivity index (χ3n) is 3.91. The van der Waals surface area contributed by atoms with E-state index in [1.165, 1.54) is 12.1 Å². The fourth-order valence-corrected chi connectivity index (χ4v) is 2.54. The molecule has 10 nitrogen and oxygen atoms in total. The van der Waals surface area contributed by atoms with Crippen LogP contribution < -0.4 is 5.43 Å². The highest BCUT2D eigenvalue weighted by Crippen LogP contribution is 2.28. The summed E-state index contributed by atoms with van der Waals surface area (Å²) in [6, 6.07) is 5.28. The molecule has 0 unspecified atom stereocenters. The van der Waals surface area contributed by atoms with Crippen LogP contribution in [0.1, 0.15) is 17.0 Å². The van der Waals surface area contributed by atoms with E-state index in [4.69, 9.17) is 4.74 Å². The van der Waals surface area contributed by atoms with Crippen molar-refractivity contribution in [1.82, 2.24) is 4.57 Å². The number of rotatable bonds is 8. The van der Waals surface area contributed by atoms with Gasteiger partial charge in [0.25, 0.3) is 5.69 Å². The van der Waals surface area contributed by atoms with Crippen LogP contribution in [0.25, 0.3) is 0 Å². The number of ether oxygens (including phenoxy) is 1. The zero-order valence-corrected chi connectivity index (χ0v) is 14.6. The van der Waals surface area contributed by atoms with Crippen LogP contribution in [0.4, 0.5) is 17.1 Å². The SMILES string of the molecule is COCCn1c(C)cc(C=NNc2ccc([N+](=O)[O-])cc2[N+](=O)[O-])c1C. The summed E-state index contributed by atoms with van der Waals surface area (Å²) < 4.78 is 7.17. The van der Waals surface area contributed by atoms with E-state index in [2.05, 4.69) is 15.1 Å². The molecular weight excluding hydrogens is 342 g/mol. The Kier molecular flexibility index (Phi) is 6.02. The van der Waals surface area contributed by atoms with Gasteiger partial charge in [-0.2, -0.15) is 5.10 Å². The molecule has 0 amide bonds. The van der Waals surface area contributed by atoms with Gasteiger partial charge in [-0.15, -0.1) is 0 Å². The number of nitro benzene ring substituents is 2. The molecule has 2 aromatic rings. The molecule has 0 aliphatic carbocycles. The van der Waals surface area contributed by atoms with Gasteiger partial charge >= 0.3 is 5.69 Å². The van der Waals surface area contributed by atoms with Crippen LogP contribution in [0.15, 0.2) is 29.4 Å². The Morgan fingerprint density at radius 2 is 1.96 bits per heavy atom. The number of nitrogens with zero attached hydrogens (tertiary/aromatic N) is 4. The quantitative estimate of drug-likeness (QED) is 0.438. The molecule has 0 aliphatic rings. The first-order valence-electron chi connectivity index (χ1n) is 7.72. The predicted octanol–water partition coefficient (Wildman–Crippen LogP) is 3.01. The Balaban J connectivity index is 2.21. The maximum absolute atomic E-state index is 11.1. The number of aromatic nitrogens is 1. The van der Waals surface area contributed by atoms with Crippen LogP contribution in [0.5, 0.6) is 0 Å². The van der Waals surface area contributed by atoms with E-state index in [0.29, 0.717) is 13.2 Å². The van der Waals surface area contributed by atoms with Crippen LogP contribution in [0, 0.1) is 34.1 Å². The summed E-state index contributed by atoms with van der Waals surface area (Å²) in [6.45, 7) is 5.20. The first-order valence-corrected chi connectivity index (χ1v) is 7.72. The van der Waals surface area contributed by atoms with Gasteiger partial charge in [-0.1, -0.05) is 0 Å². The van der Waals surface area contributed by atoms with Crippen molar-refractivity contribution >= 4 is 23.3 Å². The third kappa shape index (κ3) is 4.22. The average molecular weight is 361 g/mol. The predicted molar refractivity (Wildman–Crippen MR) is 96.7 cm³/mol. The standard InChI is InChI=1S/C16H19N5O5/c1-11-8-13(12(2)19(11)6-7-26-3)10-17-18-15-5-4-14(20(22)23)9-16(15)21(24)25/h4-5,8-10,18H,6-7H2,1-3H3. The summed E-state index contributed by atoms with van der Waals surface area (Å²) in [7, 11) is 1.64. The highest BCUT2D eigenvalue weighted by atomic mass is 16.6. The van der Waals surface area contributed by atoms with Crippen molar-refractivity contribution in [3.63, 3.8) is 0 Å². The van der Waals surface area contributed by atoms with Crippen LogP contribution in [0.2, 0.25) is 0 Å². The number of non-ortho nitro benzene ring substituents is 1. The lowest BCUT2D eigenvalue weighted by atomic mass is 10.2. The molecule has 0 atom stereocenters. The number of methoxy groups -OCH3 is 1. The Morgan fingerprint density at radius 1 is 1.23 bits per heavy atom. The first kappa shape index (κ1) is 19.1. The number of hydrogen-bond acceptors (Lipinski definition) is 7. The van der Waals surface area contributed by atoms with E-state index in [9.17, 15) is 20.2 Å². The van der Waals surface area contributed by atoms with Crippen LogP contribution >= 0.6 is 0 Å². The number of aryl methyl sites for hydroxylation is 1. The molecule has 0 bridgehead atoms. The third-order valence-corrected chi connectivity index (χ3v) is 3.91. The molecule has 1 heterocycles. The van der Waals surface area contributed by atoms with E-state index < -0.39 is 15.5 Å². The minimum absolute atomic E-state index is 0.0741. The Labute approximate surface area is 149 Å². The van der Waals surface area contributed by atoms with E-state index in [-0.39, 0.29) is 11.4 Å². The van der Waals surface area contributed by atoms with Crippen molar-refractivity contribution in [2.45, 2.75) is 20.4 Å². The summed E-state index contributed by atoms with van der Waals surface area (Å²) in [5.41, 5.74) is 4.78. The molecule has 10 heteroatoms. The van der Waals surface area contributed by atoms with Gasteiger partial charge in [0.1, 0.15) is 5.69 Å². The van der Waals surface area contributed by atoms with Gasteiger partial charge in [0.2, 0.25) is 0 Å². The fourth-order valence-electron chi connectivity index (χ4n) is 2.54. The highest BCUT2D eigenvalue weighted by molar-refractivity contribution is 5.82. The molecule has 1 N–H and O–H groups in total. The maximum atomic E-state index is 11.1. The molecular formula is C16H19N5O5. The summed E-state index contributed by atoms with van der Waals surface area (Å²) in [5, 5.41) is 25.9. The van der Waals surface area contributed by atoms with Crippen LogP contribution in [-0.4, -0.2) is 34.3 Å². The second-order valence-corrected chi connectivity index (χ2v) is 5.56. The summed E-state index contributed by atoms with van der Waals surface area (Å²) in [5.74, 6) is 0. The summed E-state index contributed by atoms with van der Waals surface area (Å²) in [6.07, 6.45) is 1.55. The lowest BCUT2D eigenvalue weighted by Crippen LogP contribution is -2.07. The second kappa shape index (κ2) is 8.21. The zero-order chi connectivity index (χ0) is 19.3. The number of nitro groups is 2. The monoisotopic (exact) mass is 361 g/mol. The minimum Gasteiger partial charge on any atom is -0.383 e. The molecule has 0 aliphatic heterocycles. The fraction of sp³-hybridized carbons (Fsp3) is 0.312. The Morgan fingerprint density at radius 3 is 2.58 bits per heavy atom. The van der Waals surface area contributed by atoms with Gasteiger partial charge < -0.3 is 9.30 Å². The van der Waals surface area contributed by atoms with Gasteiger partial charge in [-0.05, 0) is 26.0 Å². The zero-order valence-electron chi connectivity index (χ0n) is 14.6. The number of hydrazone groups is 1. The van der Waals surface area contributed by atoms with E-state index in [1.807, 2.05) is 19.9 Å². The van der Waals surface area contributed by atoms with Gasteiger partial charge in [0.15, 0.2) is 0 Å². The summed E-state index contributed by atoms with van der Waals surface area (Å²) in [4.78, 5) is 20.5. The molecule has 138 valence electrons. The van der Waals surface area contributed by atoms with Crippen molar-refractivity contribution < 1.29 is 14.6 Å². The first-order chi connectivity index (χ1) is 12.3. The molecule has 0 saturated carbocycles. The average Bonchev–Trinajstić information content (AvgIpc) is 2.86. The molecule has 0 saturated heterocycles. The molecule has 2 rings (SSSR count). The molecule has 0 fully saturated rings. The topological polar surface area (TPSA) is 125 Å². The van der Waals surface area contributed by atoms with E-state index >= 15 is 0 Å². The number of anilines is 1. The largest absolute Gasteiger partial charge is 0.383 e. The minimum atomic E-state index is -0.693. The van der Waals surface area contributed by atoms with Gasteiger partial charge in [-0.25, -0.2) is 0 Å². The van der Waals surface area contributed by atoms with Crippen LogP contribution in [-0.2, 0) is 11.3 Å². The van der Waals surface area contributed by atoms with Crippen molar-refractivity contribution in [2.24, 2.45) is 5.10 Å².